The Morgan fingerprint density at radius 3 is 2.43 bits per heavy atom. The number of ether oxygens (including phenoxy) is 1. The smallest absolute Gasteiger partial charge is 0.306 e. The molecule has 0 atom stereocenters. The summed E-state index contributed by atoms with van der Waals surface area (Å²) in [5.41, 5.74) is 0.876. The highest BCUT2D eigenvalue weighted by molar-refractivity contribution is 6.10. The zero-order valence-electron chi connectivity index (χ0n) is 15.9. The molecular formula is C22H19FN2O5. The van der Waals surface area contributed by atoms with Gasteiger partial charge in [-0.1, -0.05) is 12.1 Å². The summed E-state index contributed by atoms with van der Waals surface area (Å²) in [6.45, 7) is -0.481. The van der Waals surface area contributed by atoms with E-state index < -0.39 is 30.2 Å². The average molecular weight is 410 g/mol. The molecule has 2 aromatic carbocycles. The van der Waals surface area contributed by atoms with Gasteiger partial charge in [-0.05, 0) is 48.5 Å². The van der Waals surface area contributed by atoms with Crippen LogP contribution in [-0.4, -0.2) is 24.4 Å². The third-order valence-corrected chi connectivity index (χ3v) is 4.07. The minimum atomic E-state index is -0.580. The number of hydrogen-bond acceptors (Lipinski definition) is 5. The fourth-order valence-corrected chi connectivity index (χ4v) is 2.61. The lowest BCUT2D eigenvalue weighted by Gasteiger charge is -2.12. The van der Waals surface area contributed by atoms with Crippen LogP contribution in [0.2, 0.25) is 0 Å². The van der Waals surface area contributed by atoms with Gasteiger partial charge in [-0.3, -0.25) is 14.4 Å². The van der Waals surface area contributed by atoms with E-state index in [0.717, 1.165) is 0 Å². The van der Waals surface area contributed by atoms with Crippen molar-refractivity contribution in [3.63, 3.8) is 0 Å². The van der Waals surface area contributed by atoms with Gasteiger partial charge in [-0.25, -0.2) is 4.39 Å². The van der Waals surface area contributed by atoms with Crippen LogP contribution in [-0.2, 0) is 20.7 Å². The van der Waals surface area contributed by atoms with Crippen molar-refractivity contribution < 1.29 is 27.9 Å². The van der Waals surface area contributed by atoms with E-state index in [2.05, 4.69) is 10.6 Å². The molecule has 3 aromatic rings. The number of furan rings is 1. The maximum Gasteiger partial charge on any atom is 0.306 e. The number of benzene rings is 2. The predicted molar refractivity (Wildman–Crippen MR) is 107 cm³/mol. The molecule has 2 N–H and O–H groups in total. The summed E-state index contributed by atoms with van der Waals surface area (Å²) in [6, 6.07) is 15.1. The summed E-state index contributed by atoms with van der Waals surface area (Å²) in [5.74, 6) is -1.36. The first-order valence-corrected chi connectivity index (χ1v) is 9.15. The van der Waals surface area contributed by atoms with Gasteiger partial charge in [0, 0.05) is 12.1 Å². The van der Waals surface area contributed by atoms with Gasteiger partial charge in [0.1, 0.15) is 11.6 Å². The summed E-state index contributed by atoms with van der Waals surface area (Å²) in [7, 11) is 0. The number of anilines is 2. The Bertz CT molecular complexity index is 1020. The van der Waals surface area contributed by atoms with E-state index in [-0.39, 0.29) is 17.7 Å². The number of carbonyl (C=O) groups is 3. The Kier molecular flexibility index (Phi) is 6.94. The number of aryl methyl sites for hydroxylation is 1. The molecule has 154 valence electrons. The lowest BCUT2D eigenvalue weighted by Crippen LogP contribution is -2.23. The molecule has 8 heteroatoms. The third-order valence-electron chi connectivity index (χ3n) is 4.07. The van der Waals surface area contributed by atoms with Gasteiger partial charge in [0.2, 0.25) is 0 Å². The Hall–Kier alpha value is -3.94. The normalized spacial score (nSPS) is 10.3. The zero-order chi connectivity index (χ0) is 21.3. The van der Waals surface area contributed by atoms with Gasteiger partial charge < -0.3 is 19.8 Å². The molecule has 0 spiro atoms. The topological polar surface area (TPSA) is 97.6 Å². The molecule has 0 unspecified atom stereocenters. The quantitative estimate of drug-likeness (QED) is 0.551. The van der Waals surface area contributed by atoms with E-state index in [1.165, 1.54) is 36.6 Å². The third kappa shape index (κ3) is 6.03. The van der Waals surface area contributed by atoms with Crippen molar-refractivity contribution in [1.82, 2.24) is 0 Å². The number of esters is 1. The van der Waals surface area contributed by atoms with Crippen molar-refractivity contribution >= 4 is 29.2 Å². The van der Waals surface area contributed by atoms with Crippen LogP contribution in [0.15, 0.2) is 71.3 Å². The molecule has 0 aliphatic carbocycles. The van der Waals surface area contributed by atoms with Gasteiger partial charge in [0.25, 0.3) is 11.8 Å². The standard InChI is InChI=1S/C22H19FN2O5/c23-15-7-9-16(10-8-15)24-22(28)18-5-1-2-6-19(18)25-20(26)14-30-21(27)12-11-17-4-3-13-29-17/h1-10,13H,11-12,14H2,(H,24,28)(H,25,26). The summed E-state index contributed by atoms with van der Waals surface area (Å²) < 4.78 is 23.1. The Morgan fingerprint density at radius 1 is 0.933 bits per heavy atom. The maximum atomic E-state index is 13.0. The van der Waals surface area contributed by atoms with Crippen LogP contribution < -0.4 is 10.6 Å². The van der Waals surface area contributed by atoms with Gasteiger partial charge in [0.05, 0.1) is 23.9 Å². The molecule has 1 heterocycles. The first-order valence-electron chi connectivity index (χ1n) is 9.15. The fraction of sp³-hybridized carbons (Fsp3) is 0.136. The second kappa shape index (κ2) is 10.0. The van der Waals surface area contributed by atoms with Crippen LogP contribution in [0.1, 0.15) is 22.5 Å². The van der Waals surface area contributed by atoms with Gasteiger partial charge >= 0.3 is 5.97 Å². The van der Waals surface area contributed by atoms with Crippen molar-refractivity contribution in [2.45, 2.75) is 12.8 Å². The van der Waals surface area contributed by atoms with Crippen LogP contribution in [0.25, 0.3) is 0 Å². The first-order chi connectivity index (χ1) is 14.5. The fourth-order valence-electron chi connectivity index (χ4n) is 2.61. The molecule has 0 aliphatic rings. The van der Waals surface area contributed by atoms with E-state index in [0.29, 0.717) is 17.9 Å². The van der Waals surface area contributed by atoms with E-state index in [4.69, 9.17) is 9.15 Å². The van der Waals surface area contributed by atoms with Crippen LogP contribution in [0.4, 0.5) is 15.8 Å². The molecule has 3 rings (SSSR count). The molecule has 2 amide bonds. The lowest BCUT2D eigenvalue weighted by molar-refractivity contribution is -0.147. The highest BCUT2D eigenvalue weighted by atomic mass is 19.1. The molecule has 7 nitrogen and oxygen atoms in total. The molecule has 30 heavy (non-hydrogen) atoms. The van der Waals surface area contributed by atoms with Crippen LogP contribution in [0.5, 0.6) is 0 Å². The second-order valence-corrected chi connectivity index (χ2v) is 6.29. The van der Waals surface area contributed by atoms with Gasteiger partial charge in [-0.15, -0.1) is 0 Å². The molecule has 0 bridgehead atoms. The number of para-hydroxylation sites is 1. The zero-order valence-corrected chi connectivity index (χ0v) is 15.9. The molecule has 0 saturated heterocycles. The largest absolute Gasteiger partial charge is 0.469 e. The Balaban J connectivity index is 1.53. The Labute approximate surface area is 171 Å². The van der Waals surface area contributed by atoms with Crippen LogP contribution in [0.3, 0.4) is 0 Å². The van der Waals surface area contributed by atoms with Crippen molar-refractivity contribution in [3.05, 3.63) is 84.1 Å². The van der Waals surface area contributed by atoms with E-state index in [1.54, 1.807) is 30.3 Å². The monoisotopic (exact) mass is 410 g/mol. The van der Waals surface area contributed by atoms with E-state index in [9.17, 15) is 18.8 Å². The predicted octanol–water partition coefficient (Wildman–Crippen LogP) is 3.79. The highest BCUT2D eigenvalue weighted by Gasteiger charge is 2.15. The lowest BCUT2D eigenvalue weighted by atomic mass is 10.1. The molecular weight excluding hydrogens is 391 g/mol. The number of hydrogen-bond donors (Lipinski definition) is 2. The van der Waals surface area contributed by atoms with Crippen molar-refractivity contribution in [2.24, 2.45) is 0 Å². The highest BCUT2D eigenvalue weighted by Crippen LogP contribution is 2.18. The summed E-state index contributed by atoms with van der Waals surface area (Å²) >= 11 is 0. The Morgan fingerprint density at radius 2 is 1.70 bits per heavy atom. The second-order valence-electron chi connectivity index (χ2n) is 6.29. The minimum Gasteiger partial charge on any atom is -0.469 e. The molecule has 0 fully saturated rings. The number of nitrogens with one attached hydrogen (secondary N) is 2. The molecule has 0 saturated carbocycles. The van der Waals surface area contributed by atoms with E-state index in [1.807, 2.05) is 0 Å². The summed E-state index contributed by atoms with van der Waals surface area (Å²) in [4.78, 5) is 36.4. The van der Waals surface area contributed by atoms with Crippen LogP contribution in [0, 0.1) is 5.82 Å². The maximum absolute atomic E-state index is 13.0. The molecule has 0 radical (unpaired) electrons. The summed E-state index contributed by atoms with van der Waals surface area (Å²) in [5, 5.41) is 5.18. The number of carbonyl (C=O) groups excluding carboxylic acids is 3. The van der Waals surface area contributed by atoms with Gasteiger partial charge in [0.15, 0.2) is 6.61 Å². The van der Waals surface area contributed by atoms with Crippen molar-refractivity contribution in [1.29, 1.82) is 0 Å². The minimum absolute atomic E-state index is 0.0808. The van der Waals surface area contributed by atoms with Crippen LogP contribution >= 0.6 is 0 Å². The molecule has 1 aromatic heterocycles. The van der Waals surface area contributed by atoms with Crippen molar-refractivity contribution in [2.75, 3.05) is 17.2 Å². The first kappa shape index (κ1) is 20.8. The van der Waals surface area contributed by atoms with Gasteiger partial charge in [-0.2, -0.15) is 0 Å². The average Bonchev–Trinajstić information content (AvgIpc) is 3.26. The number of amides is 2. The van der Waals surface area contributed by atoms with Crippen molar-refractivity contribution in [3.8, 4) is 0 Å². The number of rotatable bonds is 8. The molecule has 0 aliphatic heterocycles. The SMILES string of the molecule is O=C(COC(=O)CCc1ccco1)Nc1ccccc1C(=O)Nc1ccc(F)cc1. The number of halogens is 1. The summed E-state index contributed by atoms with van der Waals surface area (Å²) in [6.07, 6.45) is 1.97. The van der Waals surface area contributed by atoms with E-state index >= 15 is 0 Å².